The highest BCUT2D eigenvalue weighted by atomic mass is 16.5. The molecule has 7 nitrogen and oxygen atoms in total. The van der Waals surface area contributed by atoms with Crippen molar-refractivity contribution in [3.8, 4) is 5.75 Å². The van der Waals surface area contributed by atoms with Crippen molar-refractivity contribution < 1.29 is 14.6 Å². The van der Waals surface area contributed by atoms with Crippen LogP contribution in [0.4, 0.5) is 5.95 Å². The van der Waals surface area contributed by atoms with Crippen LogP contribution in [0, 0.1) is 0 Å². The predicted molar refractivity (Wildman–Crippen MR) is 105 cm³/mol. The second kappa shape index (κ2) is 8.55. The van der Waals surface area contributed by atoms with Gasteiger partial charge in [0.1, 0.15) is 11.8 Å². The van der Waals surface area contributed by atoms with Crippen molar-refractivity contribution in [2.75, 3.05) is 25.6 Å². The number of imidazole rings is 1. The molecule has 3 aromatic rings. The summed E-state index contributed by atoms with van der Waals surface area (Å²) in [5, 5.41) is 12.2. The number of fused-ring (bicyclic) bond motifs is 1. The Labute approximate surface area is 157 Å². The van der Waals surface area contributed by atoms with Crippen LogP contribution < -0.4 is 15.8 Å². The SMILES string of the molecule is COc1ccc(CC(C(N)=O)n2c(NCCCO)nc3ccccc32)cc1. The number of para-hydroxylation sites is 2. The molecular weight excluding hydrogens is 344 g/mol. The van der Waals surface area contributed by atoms with Gasteiger partial charge in [-0.15, -0.1) is 0 Å². The molecule has 1 heterocycles. The Balaban J connectivity index is 1.98. The Bertz CT molecular complexity index is 905. The summed E-state index contributed by atoms with van der Waals surface area (Å²) >= 11 is 0. The van der Waals surface area contributed by atoms with Gasteiger partial charge < -0.3 is 20.9 Å². The minimum absolute atomic E-state index is 0.0817. The number of carbonyl (C=O) groups is 1. The molecule has 0 spiro atoms. The number of aromatic nitrogens is 2. The van der Waals surface area contributed by atoms with E-state index in [1.807, 2.05) is 53.1 Å². The smallest absolute Gasteiger partial charge is 0.240 e. The Hall–Kier alpha value is -3.06. The maximum Gasteiger partial charge on any atom is 0.240 e. The highest BCUT2D eigenvalue weighted by Gasteiger charge is 2.24. The number of nitrogens with zero attached hydrogens (tertiary/aromatic N) is 2. The molecule has 142 valence electrons. The highest BCUT2D eigenvalue weighted by Crippen LogP contribution is 2.27. The summed E-state index contributed by atoms with van der Waals surface area (Å²) in [5.74, 6) is 0.898. The van der Waals surface area contributed by atoms with Crippen molar-refractivity contribution in [1.82, 2.24) is 9.55 Å². The minimum Gasteiger partial charge on any atom is -0.497 e. The van der Waals surface area contributed by atoms with Crippen LogP contribution >= 0.6 is 0 Å². The lowest BCUT2D eigenvalue weighted by Crippen LogP contribution is -2.29. The molecule has 0 radical (unpaired) electrons. The Morgan fingerprint density at radius 2 is 2.00 bits per heavy atom. The second-order valence-corrected chi connectivity index (χ2v) is 6.27. The van der Waals surface area contributed by atoms with Crippen molar-refractivity contribution in [2.45, 2.75) is 18.9 Å². The first-order valence-corrected chi connectivity index (χ1v) is 8.88. The molecule has 0 saturated heterocycles. The van der Waals surface area contributed by atoms with Gasteiger partial charge in [-0.2, -0.15) is 0 Å². The van der Waals surface area contributed by atoms with Gasteiger partial charge in [0.15, 0.2) is 0 Å². The number of rotatable bonds is 9. The number of amides is 1. The van der Waals surface area contributed by atoms with Crippen LogP contribution in [0.25, 0.3) is 11.0 Å². The molecule has 0 fully saturated rings. The molecular formula is C20H24N4O3. The van der Waals surface area contributed by atoms with Crippen LogP contribution in [-0.2, 0) is 11.2 Å². The molecule has 1 atom stereocenters. The summed E-state index contributed by atoms with van der Waals surface area (Å²) in [5.41, 5.74) is 8.35. The molecule has 2 aromatic carbocycles. The molecule has 0 aliphatic rings. The van der Waals surface area contributed by atoms with E-state index in [-0.39, 0.29) is 6.61 Å². The molecule has 1 unspecified atom stereocenters. The molecule has 1 amide bonds. The summed E-state index contributed by atoms with van der Waals surface area (Å²) in [6, 6.07) is 14.6. The van der Waals surface area contributed by atoms with Gasteiger partial charge in [-0.1, -0.05) is 24.3 Å². The van der Waals surface area contributed by atoms with E-state index >= 15 is 0 Å². The third-order valence-electron chi connectivity index (χ3n) is 4.44. The summed E-state index contributed by atoms with van der Waals surface area (Å²) in [6.45, 7) is 0.631. The van der Waals surface area contributed by atoms with Gasteiger partial charge in [0.05, 0.1) is 18.1 Å². The zero-order valence-electron chi connectivity index (χ0n) is 15.3. The number of primary amides is 1. The third-order valence-corrected chi connectivity index (χ3v) is 4.44. The Kier molecular flexibility index (Phi) is 5.93. The number of nitrogens with one attached hydrogen (secondary N) is 1. The first kappa shape index (κ1) is 18.7. The van der Waals surface area contributed by atoms with Crippen LogP contribution in [0.3, 0.4) is 0 Å². The molecule has 4 N–H and O–H groups in total. The van der Waals surface area contributed by atoms with Gasteiger partial charge in [0, 0.05) is 19.6 Å². The topological polar surface area (TPSA) is 102 Å². The maximum atomic E-state index is 12.3. The number of benzene rings is 2. The lowest BCUT2D eigenvalue weighted by Gasteiger charge is -2.19. The van der Waals surface area contributed by atoms with E-state index in [9.17, 15) is 4.79 Å². The molecule has 0 aliphatic heterocycles. The van der Waals surface area contributed by atoms with Crippen LogP contribution in [0.2, 0.25) is 0 Å². The van der Waals surface area contributed by atoms with Gasteiger partial charge in [-0.3, -0.25) is 9.36 Å². The Morgan fingerprint density at radius 1 is 1.26 bits per heavy atom. The van der Waals surface area contributed by atoms with Gasteiger partial charge in [-0.25, -0.2) is 4.98 Å². The first-order valence-electron chi connectivity index (χ1n) is 8.88. The number of methoxy groups -OCH3 is 1. The number of hydrogen-bond donors (Lipinski definition) is 3. The van der Waals surface area contributed by atoms with Crippen LogP contribution in [-0.4, -0.2) is 40.8 Å². The van der Waals surface area contributed by atoms with E-state index in [0.29, 0.717) is 25.3 Å². The fraction of sp³-hybridized carbons (Fsp3) is 0.300. The van der Waals surface area contributed by atoms with E-state index in [4.69, 9.17) is 15.6 Å². The minimum atomic E-state index is -0.595. The molecule has 0 saturated carbocycles. The average molecular weight is 368 g/mol. The van der Waals surface area contributed by atoms with Crippen molar-refractivity contribution in [3.05, 3.63) is 54.1 Å². The predicted octanol–water partition coefficient (Wildman–Crippen LogP) is 2.11. The number of hydrogen-bond acceptors (Lipinski definition) is 5. The monoisotopic (exact) mass is 368 g/mol. The van der Waals surface area contributed by atoms with Gasteiger partial charge in [-0.05, 0) is 36.2 Å². The Morgan fingerprint density at radius 3 is 2.67 bits per heavy atom. The number of nitrogens with two attached hydrogens (primary N) is 1. The van der Waals surface area contributed by atoms with Crippen LogP contribution in [0.15, 0.2) is 48.5 Å². The lowest BCUT2D eigenvalue weighted by molar-refractivity contribution is -0.121. The quantitative estimate of drug-likeness (QED) is 0.502. The van der Waals surface area contributed by atoms with Crippen LogP contribution in [0.5, 0.6) is 5.75 Å². The fourth-order valence-electron chi connectivity index (χ4n) is 3.07. The number of ether oxygens (including phenoxy) is 1. The summed E-state index contributed by atoms with van der Waals surface area (Å²) in [6.07, 6.45) is 1.03. The van der Waals surface area contributed by atoms with Gasteiger partial charge >= 0.3 is 0 Å². The molecule has 7 heteroatoms. The van der Waals surface area contributed by atoms with Crippen molar-refractivity contribution in [1.29, 1.82) is 0 Å². The maximum absolute atomic E-state index is 12.3. The zero-order valence-corrected chi connectivity index (χ0v) is 15.3. The van der Waals surface area contributed by atoms with E-state index in [0.717, 1.165) is 22.3 Å². The second-order valence-electron chi connectivity index (χ2n) is 6.27. The fourth-order valence-corrected chi connectivity index (χ4v) is 3.07. The normalized spacial score (nSPS) is 12.1. The summed E-state index contributed by atoms with van der Waals surface area (Å²) in [7, 11) is 1.61. The van der Waals surface area contributed by atoms with Gasteiger partial charge in [0.2, 0.25) is 11.9 Å². The molecule has 1 aromatic heterocycles. The lowest BCUT2D eigenvalue weighted by atomic mass is 10.0. The van der Waals surface area contributed by atoms with Crippen molar-refractivity contribution in [2.24, 2.45) is 5.73 Å². The number of anilines is 1. The summed E-state index contributed by atoms with van der Waals surface area (Å²) < 4.78 is 7.03. The van der Waals surface area contributed by atoms with Crippen LogP contribution in [0.1, 0.15) is 18.0 Å². The van der Waals surface area contributed by atoms with E-state index in [2.05, 4.69) is 10.3 Å². The average Bonchev–Trinajstić information content (AvgIpc) is 3.04. The highest BCUT2D eigenvalue weighted by molar-refractivity contribution is 5.85. The van der Waals surface area contributed by atoms with E-state index in [1.165, 1.54) is 0 Å². The number of aliphatic hydroxyl groups is 1. The summed E-state index contributed by atoms with van der Waals surface area (Å²) in [4.78, 5) is 16.9. The number of aliphatic hydroxyl groups excluding tert-OH is 1. The van der Waals surface area contributed by atoms with Gasteiger partial charge in [0.25, 0.3) is 0 Å². The van der Waals surface area contributed by atoms with E-state index < -0.39 is 11.9 Å². The third kappa shape index (κ3) is 4.20. The largest absolute Gasteiger partial charge is 0.497 e. The van der Waals surface area contributed by atoms with Crippen molar-refractivity contribution in [3.63, 3.8) is 0 Å². The first-order chi connectivity index (χ1) is 13.1. The molecule has 0 aliphatic carbocycles. The molecule has 0 bridgehead atoms. The standard InChI is InChI=1S/C20H24N4O3/c1-27-15-9-7-14(8-10-15)13-18(19(21)26)24-17-6-3-2-5-16(17)23-20(24)22-11-4-12-25/h2-3,5-10,18,25H,4,11-13H2,1H3,(H2,21,26)(H,22,23). The van der Waals surface area contributed by atoms with Crippen molar-refractivity contribution >= 4 is 22.9 Å². The molecule has 3 rings (SSSR count). The zero-order chi connectivity index (χ0) is 19.2. The van der Waals surface area contributed by atoms with E-state index in [1.54, 1.807) is 7.11 Å². The number of carbonyl (C=O) groups excluding carboxylic acids is 1. The molecule has 27 heavy (non-hydrogen) atoms.